The Hall–Kier alpha value is -2.22. The lowest BCUT2D eigenvalue weighted by Gasteiger charge is -2.29. The molecule has 8 heteroatoms. The lowest BCUT2D eigenvalue weighted by Crippen LogP contribution is -2.45. The molecule has 1 aliphatic rings. The molecule has 0 aromatic heterocycles. The first kappa shape index (κ1) is 20.1. The minimum atomic E-state index is -0.667. The lowest BCUT2D eigenvalue weighted by atomic mass is 9.95. The average Bonchev–Trinajstić information content (AvgIpc) is 2.58. The zero-order valence-corrected chi connectivity index (χ0v) is 17.0. The van der Waals surface area contributed by atoms with E-state index in [4.69, 9.17) is 14.2 Å². The SMILES string of the molecule is COc1cc(C2NC(=O)NC(C)=C2C(=O)OCC(C)C)cc(Br)c1OC. The molecule has 1 heterocycles. The van der Waals surface area contributed by atoms with Crippen LogP contribution in [0.3, 0.4) is 0 Å². The second-order valence-electron chi connectivity index (χ2n) is 6.30. The van der Waals surface area contributed by atoms with Crippen molar-refractivity contribution in [2.75, 3.05) is 20.8 Å². The molecule has 1 unspecified atom stereocenters. The van der Waals surface area contributed by atoms with E-state index in [0.717, 1.165) is 0 Å². The first-order valence-electron chi connectivity index (χ1n) is 8.15. The average molecular weight is 427 g/mol. The molecule has 2 amide bonds. The highest BCUT2D eigenvalue weighted by Gasteiger charge is 2.33. The summed E-state index contributed by atoms with van der Waals surface area (Å²) in [6.45, 7) is 5.89. The van der Waals surface area contributed by atoms with Crippen LogP contribution in [-0.4, -0.2) is 32.8 Å². The summed E-state index contributed by atoms with van der Waals surface area (Å²) in [6, 6.07) is 2.45. The van der Waals surface area contributed by atoms with E-state index in [1.54, 1.807) is 19.1 Å². The molecule has 1 atom stereocenters. The summed E-state index contributed by atoms with van der Waals surface area (Å²) >= 11 is 3.44. The molecule has 2 N–H and O–H groups in total. The third-order valence-electron chi connectivity index (χ3n) is 3.83. The van der Waals surface area contributed by atoms with E-state index >= 15 is 0 Å². The summed E-state index contributed by atoms with van der Waals surface area (Å²) in [5.41, 5.74) is 1.48. The standard InChI is InChI=1S/C18H23BrN2O5/c1-9(2)8-26-17(22)14-10(3)20-18(23)21-15(14)11-6-12(19)16(25-5)13(7-11)24-4/h6-7,9,15H,8H2,1-5H3,(H2,20,21,23). The molecule has 1 aromatic carbocycles. The van der Waals surface area contributed by atoms with Crippen LogP contribution in [0.1, 0.15) is 32.4 Å². The van der Waals surface area contributed by atoms with Gasteiger partial charge in [0.2, 0.25) is 0 Å². The van der Waals surface area contributed by atoms with Gasteiger partial charge in [0, 0.05) is 5.70 Å². The number of carbonyl (C=O) groups is 2. The fourth-order valence-corrected chi connectivity index (χ4v) is 3.26. The number of allylic oxidation sites excluding steroid dienone is 1. The molecule has 0 aliphatic carbocycles. The topological polar surface area (TPSA) is 85.9 Å². The number of hydrogen-bond donors (Lipinski definition) is 2. The van der Waals surface area contributed by atoms with Crippen LogP contribution in [0.5, 0.6) is 11.5 Å². The van der Waals surface area contributed by atoms with Crippen molar-refractivity contribution in [2.45, 2.75) is 26.8 Å². The number of nitrogens with one attached hydrogen (secondary N) is 2. The van der Waals surface area contributed by atoms with E-state index in [1.165, 1.54) is 14.2 Å². The second-order valence-corrected chi connectivity index (χ2v) is 7.16. The number of ether oxygens (including phenoxy) is 3. The lowest BCUT2D eigenvalue weighted by molar-refractivity contribution is -0.140. The Morgan fingerprint density at radius 1 is 1.27 bits per heavy atom. The van der Waals surface area contributed by atoms with Crippen LogP contribution >= 0.6 is 15.9 Å². The van der Waals surface area contributed by atoms with Crippen LogP contribution in [0.25, 0.3) is 0 Å². The molecule has 0 bridgehead atoms. The quantitative estimate of drug-likeness (QED) is 0.681. The van der Waals surface area contributed by atoms with Gasteiger partial charge in [-0.25, -0.2) is 9.59 Å². The fraction of sp³-hybridized carbons (Fsp3) is 0.444. The Balaban J connectivity index is 2.47. The third-order valence-corrected chi connectivity index (χ3v) is 4.42. The fourth-order valence-electron chi connectivity index (χ4n) is 2.64. The number of methoxy groups -OCH3 is 2. The number of hydrogen-bond acceptors (Lipinski definition) is 5. The Bertz CT molecular complexity index is 745. The molecule has 142 valence electrons. The molecule has 7 nitrogen and oxygen atoms in total. The number of rotatable bonds is 6. The monoisotopic (exact) mass is 426 g/mol. The van der Waals surface area contributed by atoms with Gasteiger partial charge >= 0.3 is 12.0 Å². The van der Waals surface area contributed by atoms with Gasteiger partial charge in [-0.3, -0.25) is 0 Å². The van der Waals surface area contributed by atoms with Gasteiger partial charge in [-0.15, -0.1) is 0 Å². The number of carbonyl (C=O) groups excluding carboxylic acids is 2. The van der Waals surface area contributed by atoms with E-state index in [9.17, 15) is 9.59 Å². The summed E-state index contributed by atoms with van der Waals surface area (Å²) in [5, 5.41) is 5.40. The zero-order valence-electron chi connectivity index (χ0n) is 15.4. The van der Waals surface area contributed by atoms with Crippen LogP contribution in [0, 0.1) is 5.92 Å². The van der Waals surface area contributed by atoms with Gasteiger partial charge in [0.05, 0.1) is 36.9 Å². The third kappa shape index (κ3) is 4.30. The van der Waals surface area contributed by atoms with Crippen LogP contribution < -0.4 is 20.1 Å². The number of benzene rings is 1. The first-order valence-corrected chi connectivity index (χ1v) is 8.94. The van der Waals surface area contributed by atoms with Crippen molar-refractivity contribution in [2.24, 2.45) is 5.92 Å². The van der Waals surface area contributed by atoms with Crippen LogP contribution in [0.15, 0.2) is 27.9 Å². The van der Waals surface area contributed by atoms with Gasteiger partial charge in [0.1, 0.15) is 0 Å². The normalized spacial score (nSPS) is 16.9. The van der Waals surface area contributed by atoms with Crippen molar-refractivity contribution in [1.82, 2.24) is 10.6 Å². The molecule has 0 spiro atoms. The van der Waals surface area contributed by atoms with Gasteiger partial charge in [0.25, 0.3) is 0 Å². The summed E-state index contributed by atoms with van der Waals surface area (Å²) in [5.74, 6) is 0.748. The summed E-state index contributed by atoms with van der Waals surface area (Å²) < 4.78 is 16.7. The highest BCUT2D eigenvalue weighted by Crippen LogP contribution is 2.40. The minimum absolute atomic E-state index is 0.208. The van der Waals surface area contributed by atoms with E-state index in [0.29, 0.717) is 39.4 Å². The zero-order chi connectivity index (χ0) is 19.4. The van der Waals surface area contributed by atoms with Gasteiger partial charge in [-0.1, -0.05) is 13.8 Å². The van der Waals surface area contributed by atoms with Crippen molar-refractivity contribution in [3.05, 3.63) is 33.4 Å². The Kier molecular flexibility index (Phi) is 6.52. The molecule has 0 radical (unpaired) electrons. The van der Waals surface area contributed by atoms with E-state index in [-0.39, 0.29) is 11.9 Å². The molecule has 0 saturated carbocycles. The van der Waals surface area contributed by atoms with Gasteiger partial charge in [0.15, 0.2) is 11.5 Å². The molecule has 1 aliphatic heterocycles. The number of esters is 1. The maximum atomic E-state index is 12.6. The molecule has 0 fully saturated rings. The van der Waals surface area contributed by atoms with Gasteiger partial charge in [-0.05, 0) is 46.5 Å². The maximum absolute atomic E-state index is 12.6. The van der Waals surface area contributed by atoms with Gasteiger partial charge < -0.3 is 24.8 Å². The van der Waals surface area contributed by atoms with E-state index in [1.807, 2.05) is 13.8 Å². The van der Waals surface area contributed by atoms with Crippen molar-refractivity contribution in [3.63, 3.8) is 0 Å². The Morgan fingerprint density at radius 3 is 2.54 bits per heavy atom. The molecule has 1 aromatic rings. The number of urea groups is 1. The smallest absolute Gasteiger partial charge is 0.338 e. The summed E-state index contributed by atoms with van der Waals surface area (Å²) in [7, 11) is 3.06. The molecular formula is C18H23BrN2O5. The largest absolute Gasteiger partial charge is 0.493 e. The number of halogens is 1. The van der Waals surface area contributed by atoms with Crippen molar-refractivity contribution < 1.29 is 23.8 Å². The van der Waals surface area contributed by atoms with E-state index in [2.05, 4.69) is 26.6 Å². The van der Waals surface area contributed by atoms with Crippen LogP contribution in [0.4, 0.5) is 4.79 Å². The highest BCUT2D eigenvalue weighted by atomic mass is 79.9. The summed E-state index contributed by atoms with van der Waals surface area (Å²) in [4.78, 5) is 24.6. The molecule has 26 heavy (non-hydrogen) atoms. The minimum Gasteiger partial charge on any atom is -0.493 e. The van der Waals surface area contributed by atoms with Crippen molar-refractivity contribution >= 4 is 27.9 Å². The Morgan fingerprint density at radius 2 is 1.96 bits per heavy atom. The summed E-state index contributed by atoms with van der Waals surface area (Å²) in [6.07, 6.45) is 0. The molecule has 2 rings (SSSR count). The predicted octanol–water partition coefficient (Wildman–Crippen LogP) is 3.29. The van der Waals surface area contributed by atoms with E-state index < -0.39 is 12.0 Å². The Labute approximate surface area is 161 Å². The van der Waals surface area contributed by atoms with Gasteiger partial charge in [-0.2, -0.15) is 0 Å². The van der Waals surface area contributed by atoms with Crippen LogP contribution in [0.2, 0.25) is 0 Å². The second kappa shape index (κ2) is 8.44. The molecular weight excluding hydrogens is 404 g/mol. The maximum Gasteiger partial charge on any atom is 0.338 e. The molecule has 0 saturated heterocycles. The first-order chi connectivity index (χ1) is 12.3. The van der Waals surface area contributed by atoms with Crippen molar-refractivity contribution in [1.29, 1.82) is 0 Å². The van der Waals surface area contributed by atoms with Crippen molar-refractivity contribution in [3.8, 4) is 11.5 Å². The predicted molar refractivity (Wildman–Crippen MR) is 100 cm³/mol. The number of amides is 2. The highest BCUT2D eigenvalue weighted by molar-refractivity contribution is 9.10. The van der Waals surface area contributed by atoms with Crippen LogP contribution in [-0.2, 0) is 9.53 Å².